The van der Waals surface area contributed by atoms with E-state index in [1.807, 2.05) is 42.5 Å². The molecule has 0 bridgehead atoms. The molecule has 6 nitrogen and oxygen atoms in total. The Morgan fingerprint density at radius 2 is 2.07 bits per heavy atom. The summed E-state index contributed by atoms with van der Waals surface area (Å²) >= 11 is 0. The molecule has 0 aliphatic rings. The van der Waals surface area contributed by atoms with Crippen LogP contribution in [0.3, 0.4) is 0 Å². The first-order chi connectivity index (χ1) is 14.6. The summed E-state index contributed by atoms with van der Waals surface area (Å²) in [5.74, 6) is 2.44. The number of para-hydroxylation sites is 2. The van der Waals surface area contributed by atoms with E-state index in [1.54, 1.807) is 7.11 Å². The lowest BCUT2D eigenvalue weighted by Crippen LogP contribution is -2.21. The lowest BCUT2D eigenvalue weighted by Gasteiger charge is -2.14. The van der Waals surface area contributed by atoms with Gasteiger partial charge in [0.05, 0.1) is 24.7 Å². The van der Waals surface area contributed by atoms with Gasteiger partial charge in [0.15, 0.2) is 11.5 Å². The molecule has 0 aliphatic heterocycles. The monoisotopic (exact) mass is 407 g/mol. The maximum absolute atomic E-state index is 11.1. The number of allylic oxidation sites excluding steroid dienone is 1. The van der Waals surface area contributed by atoms with Crippen LogP contribution in [0.15, 0.2) is 55.1 Å². The van der Waals surface area contributed by atoms with E-state index < -0.39 is 0 Å². The first-order valence-corrected chi connectivity index (χ1v) is 10.2. The van der Waals surface area contributed by atoms with Crippen molar-refractivity contribution in [2.45, 2.75) is 32.7 Å². The third-order valence-electron chi connectivity index (χ3n) is 4.87. The van der Waals surface area contributed by atoms with E-state index in [0.29, 0.717) is 19.7 Å². The van der Waals surface area contributed by atoms with E-state index >= 15 is 0 Å². The average Bonchev–Trinajstić information content (AvgIpc) is 3.09. The number of aryl methyl sites for hydroxylation is 1. The number of fused-ring (bicyclic) bond motifs is 1. The number of methoxy groups -OCH3 is 1. The molecule has 2 aromatic carbocycles. The third kappa shape index (κ3) is 5.41. The van der Waals surface area contributed by atoms with Gasteiger partial charge in [-0.1, -0.05) is 24.3 Å². The topological polar surface area (TPSA) is 65.4 Å². The van der Waals surface area contributed by atoms with Crippen LogP contribution >= 0.6 is 0 Å². The lowest BCUT2D eigenvalue weighted by molar-refractivity contribution is -0.118. The van der Waals surface area contributed by atoms with Gasteiger partial charge in [-0.15, -0.1) is 6.58 Å². The van der Waals surface area contributed by atoms with Crippen molar-refractivity contribution in [1.29, 1.82) is 0 Å². The van der Waals surface area contributed by atoms with Crippen LogP contribution in [0.4, 0.5) is 0 Å². The molecule has 3 rings (SSSR count). The number of carbonyl (C=O) groups excluding carboxylic acids is 1. The normalized spacial score (nSPS) is 10.7. The van der Waals surface area contributed by atoms with Gasteiger partial charge < -0.3 is 19.4 Å². The Morgan fingerprint density at radius 3 is 2.83 bits per heavy atom. The standard InChI is InChI=1S/C24H29N3O3/c1-4-8-19-12-13-22(23(17-19)29-3)30-16-15-27-21-10-6-5-9-20(21)26-24(27)11-7-14-25-18(2)28/h4-6,9-10,12-13,17H,1,7-8,11,14-16H2,2-3H3,(H,25,28). The maximum Gasteiger partial charge on any atom is 0.216 e. The summed E-state index contributed by atoms with van der Waals surface area (Å²) in [6.07, 6.45) is 4.28. The molecular formula is C24H29N3O3. The SMILES string of the molecule is C=CCc1ccc(OCCn2c(CCCNC(C)=O)nc3ccccc32)c(OC)c1. The third-order valence-corrected chi connectivity index (χ3v) is 4.87. The van der Waals surface area contributed by atoms with E-state index in [4.69, 9.17) is 14.5 Å². The molecule has 1 aromatic heterocycles. The maximum atomic E-state index is 11.1. The van der Waals surface area contributed by atoms with Crippen molar-refractivity contribution < 1.29 is 14.3 Å². The molecule has 0 saturated carbocycles. The molecule has 1 heterocycles. The van der Waals surface area contributed by atoms with Crippen molar-refractivity contribution >= 4 is 16.9 Å². The highest BCUT2D eigenvalue weighted by Crippen LogP contribution is 2.28. The molecule has 0 fully saturated rings. The lowest BCUT2D eigenvalue weighted by atomic mass is 10.1. The van der Waals surface area contributed by atoms with E-state index in [2.05, 4.69) is 22.5 Å². The van der Waals surface area contributed by atoms with Gasteiger partial charge in [0, 0.05) is 19.9 Å². The molecule has 3 aromatic rings. The average molecular weight is 408 g/mol. The van der Waals surface area contributed by atoms with E-state index in [1.165, 1.54) is 6.92 Å². The second-order valence-corrected chi connectivity index (χ2v) is 7.08. The zero-order chi connectivity index (χ0) is 21.3. The summed E-state index contributed by atoms with van der Waals surface area (Å²) in [6.45, 7) is 7.12. The zero-order valence-electron chi connectivity index (χ0n) is 17.7. The molecule has 6 heteroatoms. The van der Waals surface area contributed by atoms with Crippen molar-refractivity contribution in [2.24, 2.45) is 0 Å². The molecule has 0 saturated heterocycles. The van der Waals surface area contributed by atoms with E-state index in [0.717, 1.165) is 53.2 Å². The summed E-state index contributed by atoms with van der Waals surface area (Å²) in [5.41, 5.74) is 3.19. The molecule has 1 amide bonds. The summed E-state index contributed by atoms with van der Waals surface area (Å²) in [4.78, 5) is 15.9. The highest BCUT2D eigenvalue weighted by Gasteiger charge is 2.11. The van der Waals surface area contributed by atoms with Crippen LogP contribution < -0.4 is 14.8 Å². The highest BCUT2D eigenvalue weighted by molar-refractivity contribution is 5.76. The summed E-state index contributed by atoms with van der Waals surface area (Å²) in [6, 6.07) is 14.1. The van der Waals surface area contributed by atoms with Gasteiger partial charge in [0.25, 0.3) is 0 Å². The first-order valence-electron chi connectivity index (χ1n) is 10.2. The number of hydrogen-bond acceptors (Lipinski definition) is 4. The number of nitrogens with one attached hydrogen (secondary N) is 1. The quantitative estimate of drug-likeness (QED) is 0.386. The minimum atomic E-state index is -0.00930. The molecule has 0 unspecified atom stereocenters. The number of ether oxygens (including phenoxy) is 2. The van der Waals surface area contributed by atoms with Gasteiger partial charge in [-0.25, -0.2) is 4.98 Å². The van der Waals surface area contributed by atoms with Gasteiger partial charge in [-0.2, -0.15) is 0 Å². The summed E-state index contributed by atoms with van der Waals surface area (Å²) in [5, 5.41) is 2.84. The van der Waals surface area contributed by atoms with Gasteiger partial charge in [0.1, 0.15) is 12.4 Å². The Balaban J connectivity index is 1.70. The summed E-state index contributed by atoms with van der Waals surface area (Å²) in [7, 11) is 1.65. The molecule has 1 N–H and O–H groups in total. The van der Waals surface area contributed by atoms with Crippen molar-refractivity contribution in [3.63, 3.8) is 0 Å². The van der Waals surface area contributed by atoms with Crippen LogP contribution in [-0.2, 0) is 24.2 Å². The van der Waals surface area contributed by atoms with Gasteiger partial charge >= 0.3 is 0 Å². The number of amides is 1. The van der Waals surface area contributed by atoms with Crippen molar-refractivity contribution in [3.05, 3.63) is 66.5 Å². The molecule has 0 spiro atoms. The molecule has 158 valence electrons. The zero-order valence-corrected chi connectivity index (χ0v) is 17.7. The Morgan fingerprint density at radius 1 is 1.23 bits per heavy atom. The Labute approximate surface area is 177 Å². The Kier molecular flexibility index (Phi) is 7.49. The number of carbonyl (C=O) groups is 1. The van der Waals surface area contributed by atoms with Crippen LogP contribution in [-0.4, -0.2) is 35.7 Å². The van der Waals surface area contributed by atoms with Crippen LogP contribution in [0.25, 0.3) is 11.0 Å². The van der Waals surface area contributed by atoms with E-state index in [9.17, 15) is 4.79 Å². The smallest absolute Gasteiger partial charge is 0.216 e. The number of rotatable bonds is 11. The highest BCUT2D eigenvalue weighted by atomic mass is 16.5. The van der Waals surface area contributed by atoms with Crippen molar-refractivity contribution in [1.82, 2.24) is 14.9 Å². The fourth-order valence-corrected chi connectivity index (χ4v) is 3.45. The summed E-state index contributed by atoms with van der Waals surface area (Å²) < 4.78 is 13.7. The first kappa shape index (κ1) is 21.4. The second-order valence-electron chi connectivity index (χ2n) is 7.08. The molecule has 0 aliphatic carbocycles. The predicted octanol–water partition coefficient (Wildman–Crippen LogP) is 3.92. The molecular weight excluding hydrogens is 378 g/mol. The molecule has 0 radical (unpaired) electrons. The van der Waals surface area contributed by atoms with Gasteiger partial charge in [-0.05, 0) is 42.7 Å². The predicted molar refractivity (Wildman–Crippen MR) is 119 cm³/mol. The number of nitrogens with zero attached hydrogens (tertiary/aromatic N) is 2. The second kappa shape index (κ2) is 10.5. The van der Waals surface area contributed by atoms with Crippen molar-refractivity contribution in [2.75, 3.05) is 20.3 Å². The minimum absolute atomic E-state index is 0.00930. The number of benzene rings is 2. The van der Waals surface area contributed by atoms with Gasteiger partial charge in [-0.3, -0.25) is 4.79 Å². The number of imidazole rings is 1. The molecule has 30 heavy (non-hydrogen) atoms. The van der Waals surface area contributed by atoms with Crippen LogP contribution in [0.5, 0.6) is 11.5 Å². The van der Waals surface area contributed by atoms with E-state index in [-0.39, 0.29) is 5.91 Å². The van der Waals surface area contributed by atoms with Crippen LogP contribution in [0, 0.1) is 0 Å². The Bertz CT molecular complexity index is 1010. The van der Waals surface area contributed by atoms with Crippen LogP contribution in [0.2, 0.25) is 0 Å². The fraction of sp³-hybridized carbons (Fsp3) is 0.333. The molecule has 0 atom stereocenters. The van der Waals surface area contributed by atoms with Crippen LogP contribution in [0.1, 0.15) is 24.7 Å². The van der Waals surface area contributed by atoms with Gasteiger partial charge in [0.2, 0.25) is 5.91 Å². The number of hydrogen-bond donors (Lipinski definition) is 1. The minimum Gasteiger partial charge on any atom is -0.493 e. The van der Waals surface area contributed by atoms with Crippen molar-refractivity contribution in [3.8, 4) is 11.5 Å². The Hall–Kier alpha value is -3.28. The fourth-order valence-electron chi connectivity index (χ4n) is 3.45. The number of aromatic nitrogens is 2. The largest absolute Gasteiger partial charge is 0.493 e.